The van der Waals surface area contributed by atoms with Gasteiger partial charge in [0.15, 0.2) is 0 Å². The Kier molecular flexibility index (Phi) is 6.32. The van der Waals surface area contributed by atoms with Gasteiger partial charge >= 0.3 is 0 Å². The molecule has 0 saturated carbocycles. The lowest BCUT2D eigenvalue weighted by Gasteiger charge is -2.26. The monoisotopic (exact) mass is 378 g/mol. The highest BCUT2D eigenvalue weighted by molar-refractivity contribution is 5.92. The van der Waals surface area contributed by atoms with Crippen LogP contribution in [0.1, 0.15) is 35.5 Å². The van der Waals surface area contributed by atoms with Crippen LogP contribution in [0.2, 0.25) is 0 Å². The molecule has 5 nitrogen and oxygen atoms in total. The number of carbonyl (C=O) groups excluding carboxylic acids is 1. The number of hydrogen-bond donors (Lipinski definition) is 1. The molecule has 1 N–H and O–H groups in total. The Labute approximate surface area is 164 Å². The van der Waals surface area contributed by atoms with Crippen LogP contribution >= 0.6 is 0 Å². The highest BCUT2D eigenvalue weighted by Gasteiger charge is 2.20. The van der Waals surface area contributed by atoms with Gasteiger partial charge in [-0.15, -0.1) is 0 Å². The Balaban J connectivity index is 1.71. The molecule has 2 aromatic carbocycles. The van der Waals surface area contributed by atoms with Crippen molar-refractivity contribution in [2.45, 2.75) is 33.0 Å². The Bertz CT molecular complexity index is 913. The third-order valence-electron chi connectivity index (χ3n) is 4.32. The molecule has 1 heterocycles. The zero-order chi connectivity index (χ0) is 19.9. The number of nitrogens with one attached hydrogen (secondary N) is 1. The Morgan fingerprint density at radius 3 is 2.43 bits per heavy atom. The second-order valence-corrected chi connectivity index (χ2v) is 6.76. The van der Waals surface area contributed by atoms with Crippen molar-refractivity contribution < 1.29 is 9.18 Å². The molecule has 0 unspecified atom stereocenters. The van der Waals surface area contributed by atoms with Crippen LogP contribution in [0.25, 0.3) is 0 Å². The summed E-state index contributed by atoms with van der Waals surface area (Å²) in [6, 6.07) is 17.7. The largest absolute Gasteiger partial charge is 0.350 e. The third kappa shape index (κ3) is 5.13. The minimum atomic E-state index is -0.278. The number of carbonyl (C=O) groups is 1. The van der Waals surface area contributed by atoms with Crippen LogP contribution in [0, 0.1) is 5.82 Å². The highest BCUT2D eigenvalue weighted by atomic mass is 19.1. The van der Waals surface area contributed by atoms with E-state index in [0.29, 0.717) is 24.7 Å². The molecule has 1 amide bonds. The van der Waals surface area contributed by atoms with E-state index in [1.54, 1.807) is 29.3 Å². The molecule has 0 atom stereocenters. The topological polar surface area (TPSA) is 58.1 Å². The van der Waals surface area contributed by atoms with Crippen LogP contribution in [-0.2, 0) is 13.1 Å². The molecule has 144 valence electrons. The van der Waals surface area contributed by atoms with Crippen molar-refractivity contribution >= 4 is 11.9 Å². The average molecular weight is 378 g/mol. The van der Waals surface area contributed by atoms with E-state index in [-0.39, 0.29) is 17.8 Å². The van der Waals surface area contributed by atoms with Gasteiger partial charge in [-0.2, -0.15) is 0 Å². The van der Waals surface area contributed by atoms with Crippen LogP contribution in [0.3, 0.4) is 0 Å². The van der Waals surface area contributed by atoms with Gasteiger partial charge in [-0.3, -0.25) is 4.79 Å². The fourth-order valence-corrected chi connectivity index (χ4v) is 2.76. The van der Waals surface area contributed by atoms with Gasteiger partial charge in [0.2, 0.25) is 5.95 Å². The van der Waals surface area contributed by atoms with E-state index in [0.717, 1.165) is 11.1 Å². The first-order chi connectivity index (χ1) is 13.5. The summed E-state index contributed by atoms with van der Waals surface area (Å²) in [5.41, 5.74) is 2.30. The molecular formula is C22H23FN4O. The number of anilines is 1. The first-order valence-electron chi connectivity index (χ1n) is 9.19. The molecule has 0 aliphatic heterocycles. The van der Waals surface area contributed by atoms with Gasteiger partial charge in [-0.25, -0.2) is 14.4 Å². The third-order valence-corrected chi connectivity index (χ3v) is 4.32. The summed E-state index contributed by atoms with van der Waals surface area (Å²) in [5.74, 6) is -0.0653. The molecule has 6 heteroatoms. The minimum Gasteiger partial charge on any atom is -0.350 e. The van der Waals surface area contributed by atoms with Gasteiger partial charge in [0, 0.05) is 25.3 Å². The molecule has 0 fully saturated rings. The van der Waals surface area contributed by atoms with Crippen LogP contribution in [0.5, 0.6) is 0 Å². The molecule has 0 aliphatic rings. The normalized spacial score (nSPS) is 10.7. The molecule has 1 aromatic heterocycles. The quantitative estimate of drug-likeness (QED) is 0.667. The molecule has 3 rings (SSSR count). The van der Waals surface area contributed by atoms with E-state index in [1.807, 2.05) is 44.2 Å². The number of amides is 1. The maximum absolute atomic E-state index is 13.0. The fraction of sp³-hybridized carbons (Fsp3) is 0.227. The summed E-state index contributed by atoms with van der Waals surface area (Å²) in [4.78, 5) is 23.3. The molecule has 3 aromatic rings. The van der Waals surface area contributed by atoms with Gasteiger partial charge in [-0.1, -0.05) is 42.5 Å². The van der Waals surface area contributed by atoms with E-state index in [4.69, 9.17) is 0 Å². The lowest BCUT2D eigenvalue weighted by atomic mass is 10.1. The SMILES string of the molecule is CC(C)N(Cc1ccccc1)C(=O)c1ccnc(NCc2ccc(F)cc2)n1. The number of benzene rings is 2. The summed E-state index contributed by atoms with van der Waals surface area (Å²) >= 11 is 0. The Hall–Kier alpha value is -3.28. The maximum atomic E-state index is 13.0. The van der Waals surface area contributed by atoms with Crippen molar-refractivity contribution in [3.8, 4) is 0 Å². The van der Waals surface area contributed by atoms with Gasteiger partial charge < -0.3 is 10.2 Å². The van der Waals surface area contributed by atoms with Crippen LogP contribution < -0.4 is 5.32 Å². The second-order valence-electron chi connectivity index (χ2n) is 6.76. The van der Waals surface area contributed by atoms with Gasteiger partial charge in [0.05, 0.1) is 0 Å². The lowest BCUT2D eigenvalue weighted by Crippen LogP contribution is -2.37. The van der Waals surface area contributed by atoms with Crippen molar-refractivity contribution in [2.24, 2.45) is 0 Å². The van der Waals surface area contributed by atoms with E-state index in [2.05, 4.69) is 15.3 Å². The highest BCUT2D eigenvalue weighted by Crippen LogP contribution is 2.13. The molecule has 0 saturated heterocycles. The fourth-order valence-electron chi connectivity index (χ4n) is 2.76. The van der Waals surface area contributed by atoms with E-state index >= 15 is 0 Å². The molecular weight excluding hydrogens is 355 g/mol. The Morgan fingerprint density at radius 1 is 1.04 bits per heavy atom. The van der Waals surface area contributed by atoms with Crippen LogP contribution in [0.4, 0.5) is 10.3 Å². The molecule has 0 aliphatic carbocycles. The number of hydrogen-bond acceptors (Lipinski definition) is 4. The minimum absolute atomic E-state index is 0.0262. The summed E-state index contributed by atoms with van der Waals surface area (Å²) in [5, 5.41) is 3.08. The summed E-state index contributed by atoms with van der Waals surface area (Å²) in [7, 11) is 0. The summed E-state index contributed by atoms with van der Waals surface area (Å²) < 4.78 is 13.0. The van der Waals surface area contributed by atoms with E-state index < -0.39 is 0 Å². The smallest absolute Gasteiger partial charge is 0.273 e. The van der Waals surface area contributed by atoms with Crippen LogP contribution in [0.15, 0.2) is 66.9 Å². The number of rotatable bonds is 7. The predicted molar refractivity (Wildman–Crippen MR) is 107 cm³/mol. The zero-order valence-corrected chi connectivity index (χ0v) is 16.0. The maximum Gasteiger partial charge on any atom is 0.273 e. The first-order valence-corrected chi connectivity index (χ1v) is 9.19. The lowest BCUT2D eigenvalue weighted by molar-refractivity contribution is 0.0684. The number of nitrogens with zero attached hydrogens (tertiary/aromatic N) is 3. The zero-order valence-electron chi connectivity index (χ0n) is 16.0. The van der Waals surface area contributed by atoms with Crippen molar-refractivity contribution in [3.05, 3.63) is 89.5 Å². The van der Waals surface area contributed by atoms with E-state index in [1.165, 1.54) is 12.1 Å². The van der Waals surface area contributed by atoms with Crippen LogP contribution in [-0.4, -0.2) is 26.8 Å². The molecule has 0 bridgehead atoms. The van der Waals surface area contributed by atoms with Gasteiger partial charge in [0.25, 0.3) is 5.91 Å². The van der Waals surface area contributed by atoms with Crippen molar-refractivity contribution in [3.63, 3.8) is 0 Å². The average Bonchev–Trinajstić information content (AvgIpc) is 2.72. The first kappa shape index (κ1) is 19.5. The second kappa shape index (κ2) is 9.08. The van der Waals surface area contributed by atoms with Gasteiger partial charge in [-0.05, 0) is 43.2 Å². The summed E-state index contributed by atoms with van der Waals surface area (Å²) in [6.07, 6.45) is 1.56. The van der Waals surface area contributed by atoms with E-state index in [9.17, 15) is 9.18 Å². The standard InChI is InChI=1S/C22H23FN4O/c1-16(2)27(15-18-6-4-3-5-7-18)21(28)20-12-13-24-22(26-20)25-14-17-8-10-19(23)11-9-17/h3-13,16H,14-15H2,1-2H3,(H,24,25,26). The van der Waals surface area contributed by atoms with Gasteiger partial charge in [0.1, 0.15) is 11.5 Å². The summed E-state index contributed by atoms with van der Waals surface area (Å²) in [6.45, 7) is 4.92. The number of halogens is 1. The Morgan fingerprint density at radius 2 is 1.75 bits per heavy atom. The molecule has 28 heavy (non-hydrogen) atoms. The molecule has 0 spiro atoms. The van der Waals surface area contributed by atoms with Crippen molar-refractivity contribution in [1.82, 2.24) is 14.9 Å². The van der Waals surface area contributed by atoms with Crippen molar-refractivity contribution in [1.29, 1.82) is 0 Å². The number of aromatic nitrogens is 2. The predicted octanol–water partition coefficient (Wildman–Crippen LogP) is 4.28. The molecule has 0 radical (unpaired) electrons. The van der Waals surface area contributed by atoms with Crippen molar-refractivity contribution in [2.75, 3.05) is 5.32 Å².